The summed E-state index contributed by atoms with van der Waals surface area (Å²) in [7, 11) is 0. The number of carboxylic acid groups (broad SMARTS) is 1. The Labute approximate surface area is 222 Å². The zero-order valence-corrected chi connectivity index (χ0v) is 21.0. The van der Waals surface area contributed by atoms with Gasteiger partial charge in [-0.05, 0) is 42.0 Å². The van der Waals surface area contributed by atoms with E-state index in [1.54, 1.807) is 0 Å². The summed E-state index contributed by atoms with van der Waals surface area (Å²) in [5.74, 6) is -5.83. The van der Waals surface area contributed by atoms with Gasteiger partial charge in [-0.1, -0.05) is 23.7 Å². The van der Waals surface area contributed by atoms with Gasteiger partial charge in [0.25, 0.3) is 11.7 Å². The lowest BCUT2D eigenvalue weighted by atomic mass is 9.88. The Balaban J connectivity index is 1.78. The SMILES string of the molecule is CC(=O)N[C@H]1[C@H]([C@H](O)[C@H](O)CNC(=O)c2ccc(Cl)cc2)O[C@](OCc2ccc(F)cc2)(C(=O)O)C[C@@H]1O. The molecule has 206 valence electrons. The number of aliphatic carboxylic acids is 1. The van der Waals surface area contributed by atoms with E-state index in [1.165, 1.54) is 36.4 Å². The quantitative estimate of drug-likeness (QED) is 0.245. The first kappa shape index (κ1) is 29.4. The van der Waals surface area contributed by atoms with Crippen LogP contribution in [0.25, 0.3) is 0 Å². The number of carbonyl (C=O) groups excluding carboxylic acids is 2. The third-order valence-corrected chi connectivity index (χ3v) is 6.21. The van der Waals surface area contributed by atoms with E-state index in [0.29, 0.717) is 10.6 Å². The Kier molecular flexibility index (Phi) is 9.77. The molecule has 0 aliphatic carbocycles. The monoisotopic (exact) mass is 554 g/mol. The van der Waals surface area contributed by atoms with Crippen LogP contribution in [0.15, 0.2) is 48.5 Å². The number of hydrogen-bond acceptors (Lipinski definition) is 8. The van der Waals surface area contributed by atoms with Crippen LogP contribution in [-0.2, 0) is 25.7 Å². The standard InChI is InChI=1S/C25H28ClFN2O9/c1-13(30)29-20-18(31)10-25(24(35)36,37-12-14-2-8-17(27)9-3-14)38-22(20)21(33)19(32)11-28-23(34)15-4-6-16(26)7-5-15/h2-9,18-22,31-33H,10-12H2,1H3,(H,28,34)(H,29,30)(H,35,36)/t18-,19+,20+,21+,22+,25-/m0/s1. The summed E-state index contributed by atoms with van der Waals surface area (Å²) < 4.78 is 24.4. The van der Waals surface area contributed by atoms with Crippen LogP contribution in [0, 0.1) is 5.82 Å². The molecule has 2 amide bonds. The summed E-state index contributed by atoms with van der Waals surface area (Å²) in [6, 6.07) is 9.59. The van der Waals surface area contributed by atoms with Crippen LogP contribution in [0.5, 0.6) is 0 Å². The number of carbonyl (C=O) groups is 3. The fourth-order valence-electron chi connectivity index (χ4n) is 3.97. The maximum atomic E-state index is 13.2. The molecular formula is C25H28ClFN2O9. The van der Waals surface area contributed by atoms with Crippen molar-refractivity contribution in [3.8, 4) is 0 Å². The van der Waals surface area contributed by atoms with Crippen LogP contribution in [0.1, 0.15) is 29.3 Å². The number of amides is 2. The van der Waals surface area contributed by atoms with Gasteiger partial charge in [0, 0.05) is 30.5 Å². The molecule has 6 N–H and O–H groups in total. The van der Waals surface area contributed by atoms with Crippen LogP contribution in [-0.4, -0.2) is 81.0 Å². The molecule has 0 unspecified atom stereocenters. The molecule has 38 heavy (non-hydrogen) atoms. The molecular weight excluding hydrogens is 527 g/mol. The molecule has 0 bridgehead atoms. The molecule has 11 nitrogen and oxygen atoms in total. The minimum absolute atomic E-state index is 0.232. The highest BCUT2D eigenvalue weighted by Crippen LogP contribution is 2.34. The van der Waals surface area contributed by atoms with Gasteiger partial charge in [0.1, 0.15) is 18.0 Å². The third kappa shape index (κ3) is 7.25. The van der Waals surface area contributed by atoms with Gasteiger partial charge in [0.2, 0.25) is 5.91 Å². The second-order valence-corrected chi connectivity index (χ2v) is 9.26. The summed E-state index contributed by atoms with van der Waals surface area (Å²) in [5, 5.41) is 47.4. The van der Waals surface area contributed by atoms with Crippen molar-refractivity contribution in [2.45, 2.75) is 56.2 Å². The molecule has 1 aliphatic rings. The number of nitrogens with one attached hydrogen (secondary N) is 2. The molecule has 0 saturated carbocycles. The van der Waals surface area contributed by atoms with Crippen molar-refractivity contribution in [2.24, 2.45) is 0 Å². The molecule has 1 saturated heterocycles. The van der Waals surface area contributed by atoms with E-state index in [-0.39, 0.29) is 12.2 Å². The van der Waals surface area contributed by atoms with Crippen molar-refractivity contribution in [1.82, 2.24) is 10.6 Å². The molecule has 6 atom stereocenters. The van der Waals surface area contributed by atoms with Gasteiger partial charge < -0.3 is 40.5 Å². The van der Waals surface area contributed by atoms with Crippen LogP contribution in [0.3, 0.4) is 0 Å². The van der Waals surface area contributed by atoms with Gasteiger partial charge in [0.05, 0.1) is 24.9 Å². The Bertz CT molecular complexity index is 1130. The second-order valence-electron chi connectivity index (χ2n) is 8.83. The molecule has 13 heteroatoms. The van der Waals surface area contributed by atoms with E-state index in [2.05, 4.69) is 10.6 Å². The maximum absolute atomic E-state index is 13.2. The molecule has 0 radical (unpaired) electrons. The minimum atomic E-state index is -2.49. The van der Waals surface area contributed by atoms with Gasteiger partial charge in [-0.15, -0.1) is 0 Å². The van der Waals surface area contributed by atoms with Crippen molar-refractivity contribution >= 4 is 29.4 Å². The summed E-state index contributed by atoms with van der Waals surface area (Å²) >= 11 is 5.81. The first-order valence-corrected chi connectivity index (χ1v) is 11.9. The fraction of sp³-hybridized carbons (Fsp3) is 0.400. The van der Waals surface area contributed by atoms with Gasteiger partial charge in [0.15, 0.2) is 0 Å². The lowest BCUT2D eigenvalue weighted by Crippen LogP contribution is -2.68. The smallest absolute Gasteiger partial charge is 0.364 e. The maximum Gasteiger partial charge on any atom is 0.364 e. The van der Waals surface area contributed by atoms with E-state index >= 15 is 0 Å². The van der Waals surface area contributed by atoms with E-state index in [4.69, 9.17) is 21.1 Å². The Morgan fingerprint density at radius 3 is 2.37 bits per heavy atom. The first-order valence-electron chi connectivity index (χ1n) is 11.6. The third-order valence-electron chi connectivity index (χ3n) is 5.96. The van der Waals surface area contributed by atoms with Crippen LogP contribution in [0.4, 0.5) is 4.39 Å². The number of aliphatic hydroxyl groups is 3. The summed E-state index contributed by atoms with van der Waals surface area (Å²) in [6.07, 6.45) is -7.48. The number of ether oxygens (including phenoxy) is 2. The van der Waals surface area contributed by atoms with Gasteiger partial charge >= 0.3 is 5.97 Å². The lowest BCUT2D eigenvalue weighted by molar-refractivity contribution is -0.314. The minimum Gasteiger partial charge on any atom is -0.477 e. The molecule has 2 aromatic carbocycles. The zero-order valence-electron chi connectivity index (χ0n) is 20.2. The summed E-state index contributed by atoms with van der Waals surface area (Å²) in [5.41, 5.74) is 0.631. The van der Waals surface area contributed by atoms with Crippen molar-refractivity contribution in [2.75, 3.05) is 6.54 Å². The molecule has 3 rings (SSSR count). The molecule has 1 aliphatic heterocycles. The average Bonchev–Trinajstić information content (AvgIpc) is 2.87. The number of aliphatic hydroxyl groups excluding tert-OH is 3. The molecule has 0 aromatic heterocycles. The van der Waals surface area contributed by atoms with Crippen molar-refractivity contribution in [3.63, 3.8) is 0 Å². The topological polar surface area (TPSA) is 175 Å². The first-order chi connectivity index (χ1) is 17.9. The predicted octanol–water partition coefficient (Wildman–Crippen LogP) is 0.583. The van der Waals surface area contributed by atoms with Crippen LogP contribution >= 0.6 is 11.6 Å². The average molecular weight is 555 g/mol. The van der Waals surface area contributed by atoms with Crippen molar-refractivity contribution in [1.29, 1.82) is 0 Å². The summed E-state index contributed by atoms with van der Waals surface area (Å²) in [4.78, 5) is 36.4. The Morgan fingerprint density at radius 2 is 1.79 bits per heavy atom. The highest BCUT2D eigenvalue weighted by molar-refractivity contribution is 6.30. The normalized spacial score (nSPS) is 24.7. The predicted molar refractivity (Wildman–Crippen MR) is 130 cm³/mol. The number of carboxylic acids is 1. The number of halogens is 2. The fourth-order valence-corrected chi connectivity index (χ4v) is 4.10. The molecule has 2 aromatic rings. The molecule has 1 fully saturated rings. The summed E-state index contributed by atoms with van der Waals surface area (Å²) in [6.45, 7) is 0.303. The Morgan fingerprint density at radius 1 is 1.16 bits per heavy atom. The highest BCUT2D eigenvalue weighted by atomic mass is 35.5. The van der Waals surface area contributed by atoms with Crippen molar-refractivity contribution in [3.05, 3.63) is 70.5 Å². The number of rotatable bonds is 10. The van der Waals surface area contributed by atoms with Gasteiger partial charge in [-0.2, -0.15) is 0 Å². The second kappa shape index (κ2) is 12.6. The van der Waals surface area contributed by atoms with E-state index in [1.807, 2.05) is 0 Å². The Hall–Kier alpha value is -3.13. The van der Waals surface area contributed by atoms with Gasteiger partial charge in [-0.25, -0.2) is 9.18 Å². The number of hydrogen-bond donors (Lipinski definition) is 6. The molecule has 0 spiro atoms. The highest BCUT2D eigenvalue weighted by Gasteiger charge is 2.55. The van der Waals surface area contributed by atoms with E-state index < -0.39 is 72.8 Å². The van der Waals surface area contributed by atoms with E-state index in [9.17, 15) is 39.2 Å². The van der Waals surface area contributed by atoms with Crippen LogP contribution in [0.2, 0.25) is 5.02 Å². The van der Waals surface area contributed by atoms with Crippen molar-refractivity contribution < 1.29 is 48.7 Å². The lowest BCUT2D eigenvalue weighted by Gasteiger charge is -2.46. The van der Waals surface area contributed by atoms with Gasteiger partial charge in [-0.3, -0.25) is 9.59 Å². The number of benzene rings is 2. The molecule has 1 heterocycles. The largest absolute Gasteiger partial charge is 0.477 e. The van der Waals surface area contributed by atoms with E-state index in [0.717, 1.165) is 19.1 Å². The van der Waals surface area contributed by atoms with Crippen LogP contribution < -0.4 is 10.6 Å². The zero-order chi connectivity index (χ0) is 28.0.